The number of aryl methyl sites for hydroxylation is 6. The number of nitrogens with zero attached hydrogens (tertiary/aromatic N) is 5. The number of hydrogen-bond donors (Lipinski definition) is 0. The Kier molecular flexibility index (Phi) is 20.9. The molecule has 0 bridgehead atoms. The number of fused-ring (bicyclic) bond motifs is 9. The number of hydrogen-bond acceptors (Lipinski definition) is 7. The van der Waals surface area contributed by atoms with E-state index in [1.807, 2.05) is 152 Å². The molecule has 12 aromatic carbocycles. The molecule has 6 nitrogen and oxygen atoms in total. The standard InChI is InChI=1S/2C18H15N.C16H13N3.C16H16.C13H10O.C13H10S/c1-14-12-17(15-8-4-2-5-9-15)19-18(13-14)16-10-6-3-7-11-16;1-14-7-5-10-16(13-14)18-12-6-11-17(19-18)15-8-3-2-4-9-15;1-12-17-15(13-8-4-2-5-9-13)19-16(18-12)14-10-6-3-7-11-14;1-11-7-6-9-13-12-8-4-5-10-14(12)16(2,3)15(11)13;2*1-9-5-4-7-11-10-6-2-3-8-12(10)14-13(9)11/h2*2-13H,1H3;2-11H,1H3;4-10H,1-3H3;2*2-8H,1H3. The summed E-state index contributed by atoms with van der Waals surface area (Å²) in [7, 11) is 0. The number of thiophene rings is 1. The maximum Gasteiger partial charge on any atom is 0.163 e. The fourth-order valence-corrected chi connectivity index (χ4v) is 14.3. The van der Waals surface area contributed by atoms with E-state index in [-0.39, 0.29) is 5.41 Å². The zero-order chi connectivity index (χ0) is 69.7. The van der Waals surface area contributed by atoms with Crippen LogP contribution in [0.15, 0.2) is 338 Å². The molecule has 1 aliphatic carbocycles. The smallest absolute Gasteiger partial charge is 0.163 e. The average molecular weight is 1330 g/mol. The molecular weight excluding hydrogens is 1250 g/mol. The van der Waals surface area contributed by atoms with Crippen molar-refractivity contribution in [2.45, 2.75) is 60.8 Å². The van der Waals surface area contributed by atoms with Crippen molar-refractivity contribution < 1.29 is 4.42 Å². The van der Waals surface area contributed by atoms with E-state index >= 15 is 0 Å². The van der Waals surface area contributed by atoms with Gasteiger partial charge in [-0.1, -0.05) is 311 Å². The van der Waals surface area contributed by atoms with E-state index in [0.29, 0.717) is 11.6 Å². The number of benzene rings is 12. The highest BCUT2D eigenvalue weighted by Crippen LogP contribution is 2.49. The van der Waals surface area contributed by atoms with Gasteiger partial charge in [-0.3, -0.25) is 0 Å². The van der Waals surface area contributed by atoms with E-state index in [1.54, 1.807) is 0 Å². The lowest BCUT2D eigenvalue weighted by molar-refractivity contribution is 0.655. The Morgan fingerprint density at radius 3 is 1.35 bits per heavy atom. The molecule has 18 rings (SSSR count). The quantitative estimate of drug-likeness (QED) is 0.165. The molecule has 0 saturated carbocycles. The highest BCUT2D eigenvalue weighted by Gasteiger charge is 2.36. The number of pyridine rings is 2. The maximum atomic E-state index is 5.78. The minimum atomic E-state index is 0.150. The zero-order valence-corrected chi connectivity index (χ0v) is 59.1. The van der Waals surface area contributed by atoms with Gasteiger partial charge in [0.15, 0.2) is 11.6 Å². The molecule has 17 aromatic rings. The Bertz CT molecular complexity index is 5280. The van der Waals surface area contributed by atoms with Crippen molar-refractivity contribution in [3.8, 4) is 78.9 Å². The van der Waals surface area contributed by atoms with Crippen LogP contribution in [0.5, 0.6) is 0 Å². The predicted molar refractivity (Wildman–Crippen MR) is 426 cm³/mol. The molecule has 0 fully saturated rings. The lowest BCUT2D eigenvalue weighted by Gasteiger charge is -2.23. The molecule has 0 amide bonds. The second-order valence-electron chi connectivity index (χ2n) is 25.8. The van der Waals surface area contributed by atoms with Crippen molar-refractivity contribution in [3.63, 3.8) is 0 Å². The predicted octanol–water partition coefficient (Wildman–Crippen LogP) is 25.5. The molecule has 5 aromatic heterocycles. The molecule has 0 spiro atoms. The van der Waals surface area contributed by atoms with Gasteiger partial charge in [0, 0.05) is 69.7 Å². The Morgan fingerprint density at radius 1 is 0.297 bits per heavy atom. The summed E-state index contributed by atoms with van der Waals surface area (Å²) in [4.78, 5) is 22.9. The van der Waals surface area contributed by atoms with E-state index in [9.17, 15) is 0 Å². The van der Waals surface area contributed by atoms with Crippen LogP contribution < -0.4 is 0 Å². The van der Waals surface area contributed by atoms with Gasteiger partial charge in [-0.2, -0.15) is 0 Å². The van der Waals surface area contributed by atoms with Crippen LogP contribution in [0.4, 0.5) is 0 Å². The third-order valence-corrected chi connectivity index (χ3v) is 19.4. The molecule has 492 valence electrons. The van der Waals surface area contributed by atoms with Crippen molar-refractivity contribution in [3.05, 3.63) is 378 Å². The first-order chi connectivity index (χ1) is 49.3. The molecular formula is C94H79N5OS. The summed E-state index contributed by atoms with van der Waals surface area (Å²) < 4.78 is 8.59. The third kappa shape index (κ3) is 15.8. The molecule has 5 heterocycles. The van der Waals surface area contributed by atoms with Crippen LogP contribution >= 0.6 is 11.3 Å². The first kappa shape index (κ1) is 67.5. The van der Waals surface area contributed by atoms with Crippen LogP contribution in [0, 0.1) is 41.5 Å². The first-order valence-electron chi connectivity index (χ1n) is 34.3. The van der Waals surface area contributed by atoms with Crippen molar-refractivity contribution in [1.82, 2.24) is 24.9 Å². The van der Waals surface area contributed by atoms with Gasteiger partial charge in [0.25, 0.3) is 0 Å². The highest BCUT2D eigenvalue weighted by molar-refractivity contribution is 7.26. The Labute approximate surface area is 597 Å². The molecule has 1 aliphatic rings. The van der Waals surface area contributed by atoms with Gasteiger partial charge in [-0.05, 0) is 129 Å². The van der Waals surface area contributed by atoms with E-state index < -0.39 is 0 Å². The minimum absolute atomic E-state index is 0.150. The van der Waals surface area contributed by atoms with Crippen molar-refractivity contribution in [2.24, 2.45) is 0 Å². The van der Waals surface area contributed by atoms with Crippen LogP contribution in [0.25, 0.3) is 121 Å². The van der Waals surface area contributed by atoms with Gasteiger partial charge in [-0.15, -0.1) is 11.3 Å². The average Bonchev–Trinajstić information content (AvgIpc) is 1.57. The largest absolute Gasteiger partial charge is 0.456 e. The summed E-state index contributed by atoms with van der Waals surface area (Å²) in [6.07, 6.45) is 0. The SMILES string of the molecule is Cc1cc(-c2ccccc2)nc(-c2ccccc2)c1.Cc1cccc(-c2cccc(-c3ccccc3)n2)c1.Cc1cccc2c1C(C)(C)c1ccccc1-2.Cc1cccc2c1oc1ccccc12.Cc1cccc2c1sc1ccccc12.Cc1nc(-c2ccccc2)nc(-c2ccccc2)n1. The van der Waals surface area contributed by atoms with Crippen LogP contribution in [0.1, 0.15) is 58.6 Å². The molecule has 0 radical (unpaired) electrons. The van der Waals surface area contributed by atoms with E-state index in [1.165, 1.54) is 81.0 Å². The summed E-state index contributed by atoms with van der Waals surface area (Å²) in [5.74, 6) is 2.16. The normalized spacial score (nSPS) is 11.4. The second-order valence-corrected chi connectivity index (χ2v) is 26.9. The molecule has 0 N–H and O–H groups in total. The topological polar surface area (TPSA) is 77.6 Å². The monoisotopic (exact) mass is 1330 g/mol. The van der Waals surface area contributed by atoms with Gasteiger partial charge in [0.2, 0.25) is 0 Å². The zero-order valence-electron chi connectivity index (χ0n) is 58.3. The van der Waals surface area contributed by atoms with Crippen molar-refractivity contribution >= 4 is 53.4 Å². The summed E-state index contributed by atoms with van der Waals surface area (Å²) in [6, 6.07) is 115. The van der Waals surface area contributed by atoms with Crippen molar-refractivity contribution in [2.75, 3.05) is 0 Å². The third-order valence-electron chi connectivity index (χ3n) is 18.0. The molecule has 0 saturated heterocycles. The minimum Gasteiger partial charge on any atom is -0.456 e. The van der Waals surface area contributed by atoms with Gasteiger partial charge in [-0.25, -0.2) is 24.9 Å². The van der Waals surface area contributed by atoms with Crippen LogP contribution in [-0.2, 0) is 5.41 Å². The highest BCUT2D eigenvalue weighted by atomic mass is 32.1. The molecule has 7 heteroatoms. The van der Waals surface area contributed by atoms with Gasteiger partial charge in [0.05, 0.1) is 22.8 Å². The lowest BCUT2D eigenvalue weighted by Crippen LogP contribution is -2.16. The summed E-state index contributed by atoms with van der Waals surface area (Å²) in [5.41, 5.74) is 25.1. The molecule has 0 unspecified atom stereocenters. The van der Waals surface area contributed by atoms with Gasteiger partial charge < -0.3 is 4.42 Å². The van der Waals surface area contributed by atoms with Gasteiger partial charge >= 0.3 is 0 Å². The van der Waals surface area contributed by atoms with E-state index in [0.717, 1.165) is 73.1 Å². The fourth-order valence-electron chi connectivity index (χ4n) is 13.2. The number of furan rings is 1. The Morgan fingerprint density at radius 2 is 0.733 bits per heavy atom. The number of aromatic nitrogens is 5. The van der Waals surface area contributed by atoms with Gasteiger partial charge in [0.1, 0.15) is 17.0 Å². The van der Waals surface area contributed by atoms with Crippen molar-refractivity contribution in [1.29, 1.82) is 0 Å². The molecule has 0 aliphatic heterocycles. The first-order valence-corrected chi connectivity index (χ1v) is 35.1. The summed E-state index contributed by atoms with van der Waals surface area (Å²) in [6.45, 7) is 17.2. The van der Waals surface area contributed by atoms with Crippen LogP contribution in [0.2, 0.25) is 0 Å². The summed E-state index contributed by atoms with van der Waals surface area (Å²) >= 11 is 1.89. The Hall–Kier alpha value is -12.0. The van der Waals surface area contributed by atoms with E-state index in [4.69, 9.17) is 14.4 Å². The number of rotatable bonds is 6. The molecule has 101 heavy (non-hydrogen) atoms. The van der Waals surface area contributed by atoms with Crippen LogP contribution in [0.3, 0.4) is 0 Å². The van der Waals surface area contributed by atoms with E-state index in [2.05, 4.69) is 264 Å². The Balaban J connectivity index is 0.000000109. The van der Waals surface area contributed by atoms with Crippen LogP contribution in [-0.4, -0.2) is 24.9 Å². The lowest BCUT2D eigenvalue weighted by atomic mass is 9.80. The molecule has 0 atom stereocenters. The maximum absolute atomic E-state index is 5.78. The summed E-state index contributed by atoms with van der Waals surface area (Å²) in [5, 5.41) is 5.19. The second kappa shape index (κ2) is 31.2. The fraction of sp³-hybridized carbons (Fsp3) is 0.0957. The number of para-hydroxylation sites is 2.